The number of hydrogen-bond donors (Lipinski definition) is 1. The number of nitrogens with two attached hydrogens (primary N) is 1. The second-order valence-corrected chi connectivity index (χ2v) is 4.17. The van der Waals surface area contributed by atoms with E-state index in [0.717, 1.165) is 19.3 Å². The molecule has 2 rings (SSSR count). The van der Waals surface area contributed by atoms with Crippen LogP contribution in [0.5, 0.6) is 0 Å². The van der Waals surface area contributed by atoms with E-state index >= 15 is 0 Å². The number of nitrogens with zero attached hydrogens (tertiary/aromatic N) is 2. The van der Waals surface area contributed by atoms with E-state index in [4.69, 9.17) is 19.7 Å². The molecule has 2 N–H and O–H groups in total. The van der Waals surface area contributed by atoms with Crippen molar-refractivity contribution in [1.82, 2.24) is 10.1 Å². The van der Waals surface area contributed by atoms with E-state index < -0.39 is 0 Å². The van der Waals surface area contributed by atoms with Gasteiger partial charge >= 0.3 is 0 Å². The summed E-state index contributed by atoms with van der Waals surface area (Å²) in [4.78, 5) is 4.28. The molecule has 17 heavy (non-hydrogen) atoms. The fourth-order valence-corrected chi connectivity index (χ4v) is 1.71. The molecule has 0 saturated carbocycles. The third kappa shape index (κ3) is 3.24. The lowest BCUT2D eigenvalue weighted by molar-refractivity contribution is -0.0941. The quantitative estimate of drug-likeness (QED) is 0.837. The minimum atomic E-state index is -0.223. The molecular formula is C11H19N3O3. The predicted octanol–water partition coefficient (Wildman–Crippen LogP) is 1.35. The summed E-state index contributed by atoms with van der Waals surface area (Å²) < 4.78 is 15.9. The maximum atomic E-state index is 5.96. The molecule has 0 spiro atoms. The van der Waals surface area contributed by atoms with Crippen molar-refractivity contribution in [2.75, 3.05) is 19.8 Å². The molecule has 0 radical (unpaired) electrons. The first-order valence-electron chi connectivity index (χ1n) is 6.09. The Morgan fingerprint density at radius 3 is 3.06 bits per heavy atom. The Hall–Kier alpha value is -0.980. The Morgan fingerprint density at radius 2 is 2.35 bits per heavy atom. The van der Waals surface area contributed by atoms with Gasteiger partial charge in [0.05, 0.1) is 25.9 Å². The second-order valence-electron chi connectivity index (χ2n) is 4.17. The molecule has 1 aromatic heterocycles. The van der Waals surface area contributed by atoms with Crippen molar-refractivity contribution < 1.29 is 14.0 Å². The second kappa shape index (κ2) is 6.09. The van der Waals surface area contributed by atoms with Crippen LogP contribution in [0.4, 0.5) is 0 Å². The van der Waals surface area contributed by atoms with Gasteiger partial charge < -0.3 is 19.7 Å². The van der Waals surface area contributed by atoms with Gasteiger partial charge in [0, 0.05) is 0 Å². The highest BCUT2D eigenvalue weighted by Crippen LogP contribution is 2.21. The summed E-state index contributed by atoms with van der Waals surface area (Å²) in [7, 11) is 0. The molecule has 1 aliphatic rings. The van der Waals surface area contributed by atoms with Gasteiger partial charge in [-0.05, 0) is 6.42 Å². The fraction of sp³-hybridized carbons (Fsp3) is 0.818. The molecular weight excluding hydrogens is 222 g/mol. The topological polar surface area (TPSA) is 83.4 Å². The Morgan fingerprint density at radius 1 is 1.47 bits per heavy atom. The van der Waals surface area contributed by atoms with Crippen LogP contribution in [-0.2, 0) is 9.47 Å². The molecule has 2 heterocycles. The van der Waals surface area contributed by atoms with Crippen molar-refractivity contribution in [1.29, 1.82) is 0 Å². The third-order valence-corrected chi connectivity index (χ3v) is 2.75. The number of aromatic nitrogens is 2. The average molecular weight is 241 g/mol. The van der Waals surface area contributed by atoms with Crippen molar-refractivity contribution >= 4 is 0 Å². The first kappa shape index (κ1) is 12.5. The average Bonchev–Trinajstić information content (AvgIpc) is 2.86. The SMILES string of the molecule is CCCCC(N)c1nc(C2COCCO2)no1. The molecule has 2 unspecified atom stereocenters. The molecule has 0 amide bonds. The van der Waals surface area contributed by atoms with E-state index in [0.29, 0.717) is 31.5 Å². The summed E-state index contributed by atoms with van der Waals surface area (Å²) in [6.07, 6.45) is 2.80. The third-order valence-electron chi connectivity index (χ3n) is 2.75. The molecule has 1 saturated heterocycles. The first-order chi connectivity index (χ1) is 8.31. The lowest BCUT2D eigenvalue weighted by Gasteiger charge is -2.19. The lowest BCUT2D eigenvalue weighted by Crippen LogP contribution is -2.23. The van der Waals surface area contributed by atoms with Crippen LogP contribution in [0.15, 0.2) is 4.52 Å². The van der Waals surface area contributed by atoms with E-state index in [9.17, 15) is 0 Å². The molecule has 6 heteroatoms. The number of hydrogen-bond acceptors (Lipinski definition) is 6. The molecule has 2 atom stereocenters. The van der Waals surface area contributed by atoms with Crippen molar-refractivity contribution in [2.45, 2.75) is 38.3 Å². The van der Waals surface area contributed by atoms with Gasteiger partial charge in [0.2, 0.25) is 11.7 Å². The van der Waals surface area contributed by atoms with Crippen LogP contribution < -0.4 is 5.73 Å². The Balaban J connectivity index is 1.94. The maximum absolute atomic E-state index is 5.96. The van der Waals surface area contributed by atoms with Gasteiger partial charge in [0.15, 0.2) is 0 Å². The van der Waals surface area contributed by atoms with Crippen molar-refractivity contribution in [3.63, 3.8) is 0 Å². The molecule has 0 bridgehead atoms. The highest BCUT2D eigenvalue weighted by Gasteiger charge is 2.23. The zero-order valence-corrected chi connectivity index (χ0v) is 10.1. The summed E-state index contributed by atoms with van der Waals surface area (Å²) in [6.45, 7) is 3.79. The minimum absolute atomic E-state index is 0.180. The van der Waals surface area contributed by atoms with Crippen LogP contribution in [0.3, 0.4) is 0 Å². The molecule has 0 aliphatic carbocycles. The summed E-state index contributed by atoms with van der Waals surface area (Å²) >= 11 is 0. The van der Waals surface area contributed by atoms with Crippen LogP contribution >= 0.6 is 0 Å². The van der Waals surface area contributed by atoms with Gasteiger partial charge in [-0.25, -0.2) is 0 Å². The summed E-state index contributed by atoms with van der Waals surface area (Å²) in [5.74, 6) is 1.02. The monoisotopic (exact) mass is 241 g/mol. The zero-order chi connectivity index (χ0) is 12.1. The van der Waals surface area contributed by atoms with Crippen molar-refractivity contribution in [3.05, 3.63) is 11.7 Å². The van der Waals surface area contributed by atoms with Gasteiger partial charge in [-0.2, -0.15) is 4.98 Å². The lowest BCUT2D eigenvalue weighted by atomic mass is 10.1. The van der Waals surface area contributed by atoms with Gasteiger partial charge in [0.1, 0.15) is 6.10 Å². The van der Waals surface area contributed by atoms with Gasteiger partial charge in [-0.15, -0.1) is 0 Å². The van der Waals surface area contributed by atoms with Crippen LogP contribution in [0.2, 0.25) is 0 Å². The molecule has 1 aromatic rings. The molecule has 6 nitrogen and oxygen atoms in total. The Bertz CT molecular complexity index is 336. The van der Waals surface area contributed by atoms with Gasteiger partial charge in [0.25, 0.3) is 0 Å². The van der Waals surface area contributed by atoms with Gasteiger partial charge in [-0.1, -0.05) is 24.9 Å². The molecule has 96 valence electrons. The number of rotatable bonds is 5. The predicted molar refractivity (Wildman–Crippen MR) is 60.3 cm³/mol. The van der Waals surface area contributed by atoms with Crippen molar-refractivity contribution in [2.24, 2.45) is 5.73 Å². The Labute approximate surface area is 100 Å². The van der Waals surface area contributed by atoms with E-state index in [-0.39, 0.29) is 12.1 Å². The molecule has 0 aromatic carbocycles. The largest absolute Gasteiger partial charge is 0.376 e. The number of unbranched alkanes of at least 4 members (excludes halogenated alkanes) is 1. The summed E-state index contributed by atoms with van der Waals surface area (Å²) in [5.41, 5.74) is 5.96. The Kier molecular flexibility index (Phi) is 4.47. The van der Waals surface area contributed by atoms with E-state index in [1.807, 2.05) is 0 Å². The summed E-state index contributed by atoms with van der Waals surface area (Å²) in [6, 6.07) is -0.180. The zero-order valence-electron chi connectivity index (χ0n) is 10.1. The van der Waals surface area contributed by atoms with Crippen LogP contribution in [0.1, 0.15) is 50.0 Å². The molecule has 1 aliphatic heterocycles. The minimum Gasteiger partial charge on any atom is -0.376 e. The summed E-state index contributed by atoms with van der Waals surface area (Å²) in [5, 5.41) is 3.90. The first-order valence-corrected chi connectivity index (χ1v) is 6.09. The van der Waals surface area contributed by atoms with E-state index in [1.54, 1.807) is 0 Å². The highest BCUT2D eigenvalue weighted by atomic mass is 16.6. The fourth-order valence-electron chi connectivity index (χ4n) is 1.71. The van der Waals surface area contributed by atoms with Crippen LogP contribution in [0.25, 0.3) is 0 Å². The normalized spacial score (nSPS) is 22.6. The molecule has 1 fully saturated rings. The standard InChI is InChI=1S/C11H19N3O3/c1-2-3-4-8(12)11-13-10(14-17-11)9-7-15-5-6-16-9/h8-9H,2-7,12H2,1H3. The van der Waals surface area contributed by atoms with E-state index in [2.05, 4.69) is 17.1 Å². The highest BCUT2D eigenvalue weighted by molar-refractivity contribution is 4.95. The van der Waals surface area contributed by atoms with Crippen molar-refractivity contribution in [3.8, 4) is 0 Å². The number of ether oxygens (including phenoxy) is 2. The van der Waals surface area contributed by atoms with Gasteiger partial charge in [-0.3, -0.25) is 0 Å². The van der Waals surface area contributed by atoms with Crippen LogP contribution in [-0.4, -0.2) is 30.0 Å². The van der Waals surface area contributed by atoms with E-state index in [1.165, 1.54) is 0 Å². The maximum Gasteiger partial charge on any atom is 0.243 e. The smallest absolute Gasteiger partial charge is 0.243 e. The van der Waals surface area contributed by atoms with Crippen LogP contribution in [0, 0.1) is 0 Å².